The van der Waals surface area contributed by atoms with E-state index >= 15 is 0 Å². The van der Waals surface area contributed by atoms with Crippen LogP contribution in [0.4, 0.5) is 5.69 Å². The van der Waals surface area contributed by atoms with Gasteiger partial charge in [-0.25, -0.2) is 8.42 Å². The van der Waals surface area contributed by atoms with Crippen molar-refractivity contribution in [2.24, 2.45) is 0 Å². The first kappa shape index (κ1) is 14.8. The first-order valence-corrected chi connectivity index (χ1v) is 8.69. The summed E-state index contributed by atoms with van der Waals surface area (Å²) in [7, 11) is -3.50. The summed E-state index contributed by atoms with van der Waals surface area (Å²) in [6.45, 7) is 3.99. The minimum atomic E-state index is -3.50. The van der Waals surface area contributed by atoms with Gasteiger partial charge >= 0.3 is 0 Å². The smallest absolute Gasteiger partial charge is 0.244 e. The molecule has 1 fully saturated rings. The van der Waals surface area contributed by atoms with E-state index in [4.69, 9.17) is 5.73 Å². The van der Waals surface area contributed by atoms with Crippen LogP contribution in [0, 0.1) is 0 Å². The lowest BCUT2D eigenvalue weighted by Gasteiger charge is -2.27. The topological polar surface area (TPSA) is 63.4 Å². The molecule has 2 N–H and O–H groups in total. The molecule has 0 spiro atoms. The molecular weight excluding hydrogens is 328 g/mol. The third-order valence-electron chi connectivity index (χ3n) is 3.69. The fraction of sp³-hybridized carbons (Fsp3) is 0.538. The van der Waals surface area contributed by atoms with Gasteiger partial charge in [-0.05, 0) is 60.3 Å². The third kappa shape index (κ3) is 2.66. The van der Waals surface area contributed by atoms with Gasteiger partial charge < -0.3 is 5.73 Å². The number of nitrogens with zero attached hydrogens (tertiary/aromatic N) is 1. The molecule has 0 radical (unpaired) electrons. The molecule has 1 heterocycles. The Balaban J connectivity index is 2.50. The Morgan fingerprint density at radius 1 is 1.42 bits per heavy atom. The van der Waals surface area contributed by atoms with Gasteiger partial charge in [0, 0.05) is 22.2 Å². The Morgan fingerprint density at radius 2 is 2.11 bits per heavy atom. The fourth-order valence-electron chi connectivity index (χ4n) is 2.70. The molecule has 1 aromatic carbocycles. The Kier molecular flexibility index (Phi) is 4.23. The molecule has 106 valence electrons. The predicted molar refractivity (Wildman–Crippen MR) is 80.4 cm³/mol. The SMILES string of the molecule is CCC1CCC(C)N1S(=O)(=O)c1cc(N)ccc1Br. The van der Waals surface area contributed by atoms with Crippen LogP contribution in [0.3, 0.4) is 0 Å². The minimum absolute atomic E-state index is 0.0447. The zero-order valence-corrected chi connectivity index (χ0v) is 13.5. The number of anilines is 1. The van der Waals surface area contributed by atoms with E-state index in [1.165, 1.54) is 6.07 Å². The number of rotatable bonds is 3. The highest BCUT2D eigenvalue weighted by Gasteiger charge is 2.39. The van der Waals surface area contributed by atoms with Crippen LogP contribution in [0.2, 0.25) is 0 Å². The molecule has 4 nitrogen and oxygen atoms in total. The molecule has 1 saturated heterocycles. The van der Waals surface area contributed by atoms with Crippen molar-refractivity contribution in [1.29, 1.82) is 0 Å². The van der Waals surface area contributed by atoms with Crippen molar-refractivity contribution in [3.63, 3.8) is 0 Å². The van der Waals surface area contributed by atoms with Crippen LogP contribution in [0.15, 0.2) is 27.6 Å². The lowest BCUT2D eigenvalue weighted by atomic mass is 10.2. The van der Waals surface area contributed by atoms with Gasteiger partial charge in [-0.3, -0.25) is 0 Å². The zero-order chi connectivity index (χ0) is 14.2. The van der Waals surface area contributed by atoms with E-state index in [1.54, 1.807) is 16.4 Å². The molecule has 6 heteroatoms. The van der Waals surface area contributed by atoms with Crippen molar-refractivity contribution < 1.29 is 8.42 Å². The number of hydrogen-bond acceptors (Lipinski definition) is 3. The van der Waals surface area contributed by atoms with Crippen molar-refractivity contribution in [2.75, 3.05) is 5.73 Å². The van der Waals surface area contributed by atoms with Crippen LogP contribution in [-0.2, 0) is 10.0 Å². The second-order valence-corrected chi connectivity index (χ2v) is 7.68. The summed E-state index contributed by atoms with van der Waals surface area (Å²) in [5, 5.41) is 0. The molecule has 1 aliphatic rings. The Bertz CT molecular complexity index is 574. The summed E-state index contributed by atoms with van der Waals surface area (Å²) in [4.78, 5) is 0.264. The Morgan fingerprint density at radius 3 is 2.74 bits per heavy atom. The zero-order valence-electron chi connectivity index (χ0n) is 11.1. The quantitative estimate of drug-likeness (QED) is 0.855. The summed E-state index contributed by atoms with van der Waals surface area (Å²) < 4.78 is 27.9. The molecule has 0 saturated carbocycles. The van der Waals surface area contributed by atoms with Crippen molar-refractivity contribution in [1.82, 2.24) is 4.31 Å². The molecule has 0 aliphatic carbocycles. The van der Waals surface area contributed by atoms with Gasteiger partial charge in [0.2, 0.25) is 10.0 Å². The van der Waals surface area contributed by atoms with Crippen molar-refractivity contribution in [2.45, 2.75) is 50.1 Å². The van der Waals surface area contributed by atoms with Crippen molar-refractivity contribution in [3.8, 4) is 0 Å². The minimum Gasteiger partial charge on any atom is -0.399 e. The molecule has 2 atom stereocenters. The van der Waals surface area contributed by atoms with Gasteiger partial charge in [0.05, 0.1) is 4.90 Å². The van der Waals surface area contributed by atoms with Gasteiger partial charge in [-0.2, -0.15) is 4.31 Å². The largest absolute Gasteiger partial charge is 0.399 e. The lowest BCUT2D eigenvalue weighted by molar-refractivity contribution is 0.328. The second kappa shape index (κ2) is 5.42. The maximum absolute atomic E-state index is 12.8. The van der Waals surface area contributed by atoms with E-state index < -0.39 is 10.0 Å². The van der Waals surface area contributed by atoms with Crippen LogP contribution in [0.5, 0.6) is 0 Å². The molecule has 1 aliphatic heterocycles. The van der Waals surface area contributed by atoms with E-state index in [0.717, 1.165) is 19.3 Å². The number of nitrogens with two attached hydrogens (primary N) is 1. The molecule has 1 aromatic rings. The van der Waals surface area contributed by atoms with E-state index in [0.29, 0.717) is 10.2 Å². The standard InChI is InChI=1S/C13H19BrN2O2S/c1-3-11-6-4-9(2)16(11)19(17,18)13-8-10(15)5-7-12(13)14/h5,7-9,11H,3-4,6,15H2,1-2H3. The van der Waals surface area contributed by atoms with Crippen molar-refractivity contribution >= 4 is 31.6 Å². The third-order valence-corrected chi connectivity index (χ3v) is 6.75. The summed E-state index contributed by atoms with van der Waals surface area (Å²) in [6.07, 6.45) is 2.68. The van der Waals surface area contributed by atoms with E-state index in [-0.39, 0.29) is 17.0 Å². The van der Waals surface area contributed by atoms with Crippen molar-refractivity contribution in [3.05, 3.63) is 22.7 Å². The number of hydrogen-bond donors (Lipinski definition) is 1. The molecule has 19 heavy (non-hydrogen) atoms. The number of halogens is 1. The molecule has 0 aromatic heterocycles. The molecule has 2 unspecified atom stereocenters. The van der Waals surface area contributed by atoms with Crippen LogP contribution in [-0.4, -0.2) is 24.8 Å². The van der Waals surface area contributed by atoms with E-state index in [9.17, 15) is 8.42 Å². The maximum Gasteiger partial charge on any atom is 0.244 e. The molecule has 2 rings (SSSR count). The second-order valence-electron chi connectivity index (χ2n) is 5.01. The van der Waals surface area contributed by atoms with Gasteiger partial charge in [0.15, 0.2) is 0 Å². The maximum atomic E-state index is 12.8. The highest BCUT2D eigenvalue weighted by molar-refractivity contribution is 9.10. The molecule has 0 bridgehead atoms. The summed E-state index contributed by atoms with van der Waals surface area (Å²) in [6, 6.07) is 5.03. The summed E-state index contributed by atoms with van der Waals surface area (Å²) in [5.74, 6) is 0. The van der Waals surface area contributed by atoms with Gasteiger partial charge in [-0.15, -0.1) is 0 Å². The Labute approximate surface area is 123 Å². The Hall–Kier alpha value is -0.590. The normalized spacial score (nSPS) is 24.8. The summed E-state index contributed by atoms with van der Waals surface area (Å²) in [5.41, 5.74) is 6.18. The highest BCUT2D eigenvalue weighted by Crippen LogP contribution is 2.35. The summed E-state index contributed by atoms with van der Waals surface area (Å²) >= 11 is 3.31. The van der Waals surface area contributed by atoms with Crippen LogP contribution < -0.4 is 5.73 Å². The average Bonchev–Trinajstić information content (AvgIpc) is 2.74. The first-order valence-electron chi connectivity index (χ1n) is 6.46. The van der Waals surface area contributed by atoms with E-state index in [2.05, 4.69) is 15.9 Å². The van der Waals surface area contributed by atoms with E-state index in [1.807, 2.05) is 13.8 Å². The fourth-order valence-corrected chi connectivity index (χ4v) is 5.61. The van der Waals surface area contributed by atoms with Crippen LogP contribution in [0.1, 0.15) is 33.1 Å². The van der Waals surface area contributed by atoms with Gasteiger partial charge in [0.25, 0.3) is 0 Å². The predicted octanol–water partition coefficient (Wildman–Crippen LogP) is 2.98. The monoisotopic (exact) mass is 346 g/mol. The van der Waals surface area contributed by atoms with Gasteiger partial charge in [0.1, 0.15) is 0 Å². The number of sulfonamides is 1. The first-order chi connectivity index (χ1) is 8.87. The number of benzene rings is 1. The molecule has 0 amide bonds. The number of nitrogen functional groups attached to an aromatic ring is 1. The average molecular weight is 347 g/mol. The highest BCUT2D eigenvalue weighted by atomic mass is 79.9. The van der Waals surface area contributed by atoms with Crippen LogP contribution >= 0.6 is 15.9 Å². The lowest BCUT2D eigenvalue weighted by Crippen LogP contribution is -2.39. The van der Waals surface area contributed by atoms with Gasteiger partial charge in [-0.1, -0.05) is 6.92 Å². The van der Waals surface area contributed by atoms with Crippen LogP contribution in [0.25, 0.3) is 0 Å². The molecular formula is C13H19BrN2O2S.